The van der Waals surface area contributed by atoms with E-state index < -0.39 is 0 Å². The monoisotopic (exact) mass is 235 g/mol. The van der Waals surface area contributed by atoms with Crippen LogP contribution in [-0.4, -0.2) is 25.7 Å². The van der Waals surface area contributed by atoms with Crippen LogP contribution in [0.3, 0.4) is 0 Å². The number of nitrogens with one attached hydrogen (secondary N) is 1. The Kier molecular flexibility index (Phi) is 6.33. The topological polar surface area (TPSA) is 38.3 Å². The lowest BCUT2D eigenvalue weighted by molar-refractivity contribution is 0.0508. The molecule has 1 aromatic carbocycles. The van der Waals surface area contributed by atoms with Gasteiger partial charge in [-0.15, -0.1) is 0 Å². The van der Waals surface area contributed by atoms with Crippen LogP contribution in [0.2, 0.25) is 0 Å². The van der Waals surface area contributed by atoms with E-state index in [0.717, 1.165) is 25.1 Å². The highest BCUT2D eigenvalue weighted by molar-refractivity contribution is 5.89. The number of unbranched alkanes of at least 4 members (excludes halogenated alkanes) is 1. The van der Waals surface area contributed by atoms with Crippen molar-refractivity contribution in [2.75, 3.05) is 19.7 Å². The maximum absolute atomic E-state index is 11.6. The second-order valence-corrected chi connectivity index (χ2v) is 4.11. The van der Waals surface area contributed by atoms with E-state index in [1.807, 2.05) is 25.1 Å². The molecule has 0 aliphatic rings. The molecular formula is C14H21NO2. The van der Waals surface area contributed by atoms with Gasteiger partial charge < -0.3 is 10.1 Å². The number of hydrogen-bond acceptors (Lipinski definition) is 3. The number of ether oxygens (including phenoxy) is 1. The van der Waals surface area contributed by atoms with E-state index in [4.69, 9.17) is 4.74 Å². The Hall–Kier alpha value is -1.35. The van der Waals surface area contributed by atoms with Gasteiger partial charge in [-0.05, 0) is 32.0 Å². The molecule has 0 radical (unpaired) electrons. The SMILES string of the molecule is CCCCNCCOC(=O)c1cccc(C)c1. The largest absolute Gasteiger partial charge is 0.461 e. The van der Waals surface area contributed by atoms with E-state index in [9.17, 15) is 4.79 Å². The summed E-state index contributed by atoms with van der Waals surface area (Å²) in [6.07, 6.45) is 2.34. The van der Waals surface area contributed by atoms with Crippen molar-refractivity contribution in [1.82, 2.24) is 5.32 Å². The molecule has 17 heavy (non-hydrogen) atoms. The summed E-state index contributed by atoms with van der Waals surface area (Å²) in [5.41, 5.74) is 1.69. The summed E-state index contributed by atoms with van der Waals surface area (Å²) < 4.78 is 5.16. The standard InChI is InChI=1S/C14H21NO2/c1-3-4-8-15-9-10-17-14(16)13-7-5-6-12(2)11-13/h5-7,11,15H,3-4,8-10H2,1-2H3. The van der Waals surface area contributed by atoms with Crippen molar-refractivity contribution < 1.29 is 9.53 Å². The quantitative estimate of drug-likeness (QED) is 0.583. The summed E-state index contributed by atoms with van der Waals surface area (Å²) in [5.74, 6) is -0.244. The van der Waals surface area contributed by atoms with Crippen LogP contribution in [0.5, 0.6) is 0 Å². The van der Waals surface area contributed by atoms with Gasteiger partial charge in [-0.3, -0.25) is 0 Å². The fourth-order valence-electron chi connectivity index (χ4n) is 1.50. The molecule has 1 aromatic rings. The number of carbonyl (C=O) groups excluding carboxylic acids is 1. The molecule has 0 spiro atoms. The van der Waals surface area contributed by atoms with Crippen LogP contribution in [0.15, 0.2) is 24.3 Å². The van der Waals surface area contributed by atoms with Crippen molar-refractivity contribution in [3.8, 4) is 0 Å². The Morgan fingerprint density at radius 2 is 2.18 bits per heavy atom. The predicted molar refractivity (Wildman–Crippen MR) is 69.2 cm³/mol. The molecular weight excluding hydrogens is 214 g/mol. The minimum absolute atomic E-state index is 0.244. The summed E-state index contributed by atoms with van der Waals surface area (Å²) in [5, 5.41) is 3.23. The summed E-state index contributed by atoms with van der Waals surface area (Å²) in [6, 6.07) is 7.45. The summed E-state index contributed by atoms with van der Waals surface area (Å²) in [6.45, 7) is 6.25. The molecule has 94 valence electrons. The number of hydrogen-bond donors (Lipinski definition) is 1. The molecule has 0 aliphatic carbocycles. The smallest absolute Gasteiger partial charge is 0.338 e. The molecule has 0 atom stereocenters. The van der Waals surface area contributed by atoms with Crippen LogP contribution in [-0.2, 0) is 4.74 Å². The molecule has 3 heteroatoms. The molecule has 0 heterocycles. The molecule has 0 saturated heterocycles. The Labute approximate surface area is 103 Å². The molecule has 0 aromatic heterocycles. The lowest BCUT2D eigenvalue weighted by Crippen LogP contribution is -2.22. The maximum Gasteiger partial charge on any atom is 0.338 e. The van der Waals surface area contributed by atoms with Crippen molar-refractivity contribution in [3.05, 3.63) is 35.4 Å². The second-order valence-electron chi connectivity index (χ2n) is 4.11. The van der Waals surface area contributed by atoms with E-state index in [0.29, 0.717) is 12.2 Å². The zero-order chi connectivity index (χ0) is 12.5. The van der Waals surface area contributed by atoms with E-state index >= 15 is 0 Å². The highest BCUT2D eigenvalue weighted by atomic mass is 16.5. The van der Waals surface area contributed by atoms with E-state index in [2.05, 4.69) is 12.2 Å². The lowest BCUT2D eigenvalue weighted by atomic mass is 10.1. The van der Waals surface area contributed by atoms with Crippen LogP contribution in [0, 0.1) is 6.92 Å². The molecule has 3 nitrogen and oxygen atoms in total. The molecule has 0 unspecified atom stereocenters. The Morgan fingerprint density at radius 1 is 1.35 bits per heavy atom. The minimum Gasteiger partial charge on any atom is -0.461 e. The van der Waals surface area contributed by atoms with Crippen molar-refractivity contribution in [2.45, 2.75) is 26.7 Å². The summed E-state index contributed by atoms with van der Waals surface area (Å²) in [4.78, 5) is 11.6. The normalized spacial score (nSPS) is 10.2. The first-order valence-corrected chi connectivity index (χ1v) is 6.18. The number of rotatable bonds is 7. The number of benzene rings is 1. The van der Waals surface area contributed by atoms with Crippen molar-refractivity contribution in [1.29, 1.82) is 0 Å². The lowest BCUT2D eigenvalue weighted by Gasteiger charge is -2.06. The highest BCUT2D eigenvalue weighted by Gasteiger charge is 2.05. The number of aryl methyl sites for hydroxylation is 1. The van der Waals surface area contributed by atoms with Crippen molar-refractivity contribution in [3.63, 3.8) is 0 Å². The predicted octanol–water partition coefficient (Wildman–Crippen LogP) is 2.54. The zero-order valence-electron chi connectivity index (χ0n) is 10.7. The molecule has 0 bridgehead atoms. The van der Waals surface area contributed by atoms with E-state index in [1.165, 1.54) is 6.42 Å². The van der Waals surface area contributed by atoms with Crippen LogP contribution < -0.4 is 5.32 Å². The van der Waals surface area contributed by atoms with Gasteiger partial charge in [0.2, 0.25) is 0 Å². The Bertz CT molecular complexity index is 350. The highest BCUT2D eigenvalue weighted by Crippen LogP contribution is 2.05. The van der Waals surface area contributed by atoms with Gasteiger partial charge in [0.15, 0.2) is 0 Å². The molecule has 1 rings (SSSR count). The van der Waals surface area contributed by atoms with Gasteiger partial charge in [-0.25, -0.2) is 4.79 Å². The van der Waals surface area contributed by atoms with E-state index in [-0.39, 0.29) is 5.97 Å². The Morgan fingerprint density at radius 3 is 2.88 bits per heavy atom. The second kappa shape index (κ2) is 7.85. The first-order chi connectivity index (χ1) is 8.24. The van der Waals surface area contributed by atoms with Crippen LogP contribution in [0.1, 0.15) is 35.7 Å². The Balaban J connectivity index is 2.21. The molecule has 0 fully saturated rings. The molecule has 0 aliphatic heterocycles. The molecule has 0 saturated carbocycles. The van der Waals surface area contributed by atoms with Crippen LogP contribution in [0.4, 0.5) is 0 Å². The third-order valence-corrected chi connectivity index (χ3v) is 2.47. The van der Waals surface area contributed by atoms with Gasteiger partial charge in [0.25, 0.3) is 0 Å². The first kappa shape index (κ1) is 13.7. The van der Waals surface area contributed by atoms with Gasteiger partial charge in [0.05, 0.1) is 5.56 Å². The fraction of sp³-hybridized carbons (Fsp3) is 0.500. The minimum atomic E-state index is -0.244. The number of carbonyl (C=O) groups is 1. The van der Waals surface area contributed by atoms with E-state index in [1.54, 1.807) is 6.07 Å². The first-order valence-electron chi connectivity index (χ1n) is 6.18. The third kappa shape index (κ3) is 5.50. The zero-order valence-corrected chi connectivity index (χ0v) is 10.7. The van der Waals surface area contributed by atoms with Crippen molar-refractivity contribution >= 4 is 5.97 Å². The average Bonchev–Trinajstić information content (AvgIpc) is 2.33. The van der Waals surface area contributed by atoms with Gasteiger partial charge in [-0.2, -0.15) is 0 Å². The fourth-order valence-corrected chi connectivity index (χ4v) is 1.50. The van der Waals surface area contributed by atoms with Crippen molar-refractivity contribution in [2.24, 2.45) is 0 Å². The van der Waals surface area contributed by atoms with Crippen LogP contribution in [0.25, 0.3) is 0 Å². The third-order valence-electron chi connectivity index (χ3n) is 2.47. The number of esters is 1. The maximum atomic E-state index is 11.6. The average molecular weight is 235 g/mol. The van der Waals surface area contributed by atoms with Gasteiger partial charge in [0, 0.05) is 6.54 Å². The summed E-state index contributed by atoms with van der Waals surface area (Å²) >= 11 is 0. The molecule has 0 amide bonds. The van der Waals surface area contributed by atoms with Gasteiger partial charge >= 0.3 is 5.97 Å². The van der Waals surface area contributed by atoms with Gasteiger partial charge in [0.1, 0.15) is 6.61 Å². The van der Waals surface area contributed by atoms with Gasteiger partial charge in [-0.1, -0.05) is 31.0 Å². The molecule has 1 N–H and O–H groups in total. The summed E-state index contributed by atoms with van der Waals surface area (Å²) in [7, 11) is 0. The van der Waals surface area contributed by atoms with Crippen LogP contribution >= 0.6 is 0 Å².